The number of amides is 1. The number of carbonyl (C=O) groups excluding carboxylic acids is 1. The van der Waals surface area contributed by atoms with Gasteiger partial charge in [-0.25, -0.2) is 4.39 Å². The van der Waals surface area contributed by atoms with Crippen molar-refractivity contribution >= 4 is 11.6 Å². The fourth-order valence-corrected chi connectivity index (χ4v) is 3.12. The molecule has 0 unspecified atom stereocenters. The molecule has 140 valence electrons. The van der Waals surface area contributed by atoms with Gasteiger partial charge in [0.2, 0.25) is 0 Å². The summed E-state index contributed by atoms with van der Waals surface area (Å²) in [6, 6.07) is 3.67. The number of aromatic nitrogens is 2. The van der Waals surface area contributed by atoms with Crippen LogP contribution in [-0.2, 0) is 23.1 Å². The van der Waals surface area contributed by atoms with Crippen LogP contribution in [0.5, 0.6) is 0 Å². The van der Waals surface area contributed by atoms with Gasteiger partial charge in [-0.3, -0.25) is 9.48 Å². The van der Waals surface area contributed by atoms with E-state index in [2.05, 4.69) is 15.7 Å². The Morgan fingerprint density at radius 1 is 1.35 bits per heavy atom. The molecule has 1 heterocycles. The van der Waals surface area contributed by atoms with Gasteiger partial charge < -0.3 is 10.6 Å². The Hall–Kier alpha value is -2.42. The summed E-state index contributed by atoms with van der Waals surface area (Å²) in [5.41, 5.74) is -1.74. The first-order valence-electron chi connectivity index (χ1n) is 8.13. The molecule has 5 nitrogen and oxygen atoms in total. The summed E-state index contributed by atoms with van der Waals surface area (Å²) in [6.07, 6.45) is -0.763. The van der Waals surface area contributed by atoms with E-state index in [0.717, 1.165) is 24.9 Å². The van der Waals surface area contributed by atoms with Gasteiger partial charge in [0.05, 0.1) is 18.0 Å². The van der Waals surface area contributed by atoms with Crippen molar-refractivity contribution in [1.29, 1.82) is 0 Å². The Balaban J connectivity index is 1.87. The van der Waals surface area contributed by atoms with Crippen LogP contribution in [-0.4, -0.2) is 22.7 Å². The first-order valence-corrected chi connectivity index (χ1v) is 8.13. The van der Waals surface area contributed by atoms with Gasteiger partial charge in [0, 0.05) is 12.2 Å². The largest absolute Gasteiger partial charge is 0.416 e. The average Bonchev–Trinajstić information content (AvgIpc) is 2.93. The van der Waals surface area contributed by atoms with Crippen molar-refractivity contribution < 1.29 is 22.4 Å². The van der Waals surface area contributed by atoms with E-state index >= 15 is 0 Å². The number of benzene rings is 1. The summed E-state index contributed by atoms with van der Waals surface area (Å²) in [6.45, 7) is 0.0551. The van der Waals surface area contributed by atoms with E-state index in [4.69, 9.17) is 0 Å². The van der Waals surface area contributed by atoms with Gasteiger partial charge in [-0.2, -0.15) is 18.3 Å². The molecule has 9 heteroatoms. The molecule has 2 aromatic rings. The summed E-state index contributed by atoms with van der Waals surface area (Å²) in [4.78, 5) is 12.7. The predicted molar refractivity (Wildman–Crippen MR) is 86.8 cm³/mol. The molecule has 1 aromatic heterocycles. The first-order chi connectivity index (χ1) is 12.3. The van der Waals surface area contributed by atoms with Crippen LogP contribution in [0.25, 0.3) is 0 Å². The van der Waals surface area contributed by atoms with Crippen LogP contribution in [0.4, 0.5) is 23.2 Å². The summed E-state index contributed by atoms with van der Waals surface area (Å²) >= 11 is 0. The molecule has 26 heavy (non-hydrogen) atoms. The van der Waals surface area contributed by atoms with Gasteiger partial charge in [-0.15, -0.1) is 0 Å². The van der Waals surface area contributed by atoms with Crippen LogP contribution in [0.15, 0.2) is 30.6 Å². The third kappa shape index (κ3) is 3.31. The molecule has 1 aliphatic rings. The number of rotatable bonds is 5. The minimum atomic E-state index is -4.54. The van der Waals surface area contributed by atoms with Crippen LogP contribution in [0, 0.1) is 5.82 Å². The van der Waals surface area contributed by atoms with Crippen molar-refractivity contribution in [2.75, 3.05) is 12.4 Å². The number of alkyl halides is 3. The Morgan fingerprint density at radius 2 is 2.08 bits per heavy atom. The van der Waals surface area contributed by atoms with Crippen LogP contribution in [0.3, 0.4) is 0 Å². The van der Waals surface area contributed by atoms with Crippen molar-refractivity contribution in [3.05, 3.63) is 47.5 Å². The SMILES string of the molecule is CNCc1ccc(NC(=O)C2(n3cc(F)cn3)CCC2)cc1C(F)(F)F. The zero-order chi connectivity index (χ0) is 18.9. The van der Waals surface area contributed by atoms with Crippen LogP contribution in [0.1, 0.15) is 30.4 Å². The number of anilines is 1. The maximum atomic E-state index is 13.3. The van der Waals surface area contributed by atoms with Gasteiger partial charge in [0.15, 0.2) is 5.82 Å². The molecule has 0 bridgehead atoms. The minimum Gasteiger partial charge on any atom is -0.324 e. The Labute approximate surface area is 147 Å². The summed E-state index contributed by atoms with van der Waals surface area (Å²) < 4.78 is 54.3. The highest BCUT2D eigenvalue weighted by molar-refractivity contribution is 5.97. The third-order valence-electron chi connectivity index (χ3n) is 4.63. The molecule has 3 rings (SSSR count). The molecule has 1 fully saturated rings. The molecule has 1 saturated carbocycles. The van der Waals surface area contributed by atoms with Crippen molar-refractivity contribution in [2.45, 2.75) is 37.5 Å². The molecular weight excluding hydrogens is 352 g/mol. The fraction of sp³-hybridized carbons (Fsp3) is 0.412. The average molecular weight is 370 g/mol. The van der Waals surface area contributed by atoms with Gasteiger partial charge in [0.25, 0.3) is 5.91 Å². The maximum absolute atomic E-state index is 13.3. The molecule has 2 N–H and O–H groups in total. The normalized spacial score (nSPS) is 16.2. The first kappa shape index (κ1) is 18.4. The molecule has 1 aromatic carbocycles. The lowest BCUT2D eigenvalue weighted by molar-refractivity contribution is -0.138. The number of nitrogens with one attached hydrogen (secondary N) is 2. The number of hydrogen-bond donors (Lipinski definition) is 2. The summed E-state index contributed by atoms with van der Waals surface area (Å²) in [5, 5.41) is 9.08. The number of hydrogen-bond acceptors (Lipinski definition) is 3. The Bertz CT molecular complexity index is 811. The maximum Gasteiger partial charge on any atom is 0.416 e. The van der Waals surface area contributed by atoms with Crippen LogP contribution < -0.4 is 10.6 Å². The van der Waals surface area contributed by atoms with E-state index in [1.54, 1.807) is 7.05 Å². The fourth-order valence-electron chi connectivity index (χ4n) is 3.12. The number of carbonyl (C=O) groups is 1. The smallest absolute Gasteiger partial charge is 0.324 e. The number of nitrogens with zero attached hydrogens (tertiary/aromatic N) is 2. The second-order valence-electron chi connectivity index (χ2n) is 6.34. The van der Waals surface area contributed by atoms with E-state index in [0.29, 0.717) is 12.8 Å². The zero-order valence-corrected chi connectivity index (χ0v) is 14.0. The molecular formula is C17H18F4N4O. The van der Waals surface area contributed by atoms with Gasteiger partial charge in [-0.1, -0.05) is 6.07 Å². The van der Waals surface area contributed by atoms with Crippen molar-refractivity contribution in [2.24, 2.45) is 0 Å². The topological polar surface area (TPSA) is 58.9 Å². The van der Waals surface area contributed by atoms with Crippen molar-refractivity contribution in [1.82, 2.24) is 15.1 Å². The van der Waals surface area contributed by atoms with Gasteiger partial charge >= 0.3 is 6.18 Å². The van der Waals surface area contributed by atoms with E-state index in [-0.39, 0.29) is 17.8 Å². The van der Waals surface area contributed by atoms with E-state index in [9.17, 15) is 22.4 Å². The Morgan fingerprint density at radius 3 is 2.58 bits per heavy atom. The molecule has 0 atom stereocenters. The number of halogens is 4. The molecule has 0 aliphatic heterocycles. The van der Waals surface area contributed by atoms with Crippen LogP contribution in [0.2, 0.25) is 0 Å². The van der Waals surface area contributed by atoms with Crippen LogP contribution >= 0.6 is 0 Å². The highest BCUT2D eigenvalue weighted by Crippen LogP contribution is 2.40. The van der Waals surface area contributed by atoms with E-state index < -0.39 is 29.0 Å². The Kier molecular flexibility index (Phi) is 4.74. The zero-order valence-electron chi connectivity index (χ0n) is 14.0. The molecule has 0 radical (unpaired) electrons. The predicted octanol–water partition coefficient (Wildman–Crippen LogP) is 3.28. The lowest BCUT2D eigenvalue weighted by Gasteiger charge is -2.40. The van der Waals surface area contributed by atoms with E-state index in [1.165, 1.54) is 16.8 Å². The highest BCUT2D eigenvalue weighted by Gasteiger charge is 2.47. The lowest BCUT2D eigenvalue weighted by Crippen LogP contribution is -2.51. The second kappa shape index (κ2) is 6.71. The third-order valence-corrected chi connectivity index (χ3v) is 4.63. The molecule has 0 saturated heterocycles. The summed E-state index contributed by atoms with van der Waals surface area (Å²) in [5.74, 6) is -1.07. The van der Waals surface area contributed by atoms with E-state index in [1.807, 2.05) is 0 Å². The van der Waals surface area contributed by atoms with Gasteiger partial charge in [0.1, 0.15) is 5.54 Å². The molecule has 0 spiro atoms. The van der Waals surface area contributed by atoms with Crippen molar-refractivity contribution in [3.8, 4) is 0 Å². The minimum absolute atomic E-state index is 0.0427. The monoisotopic (exact) mass is 370 g/mol. The standard InChI is InChI=1S/C17H18F4N4O/c1-22-8-11-3-4-13(7-14(11)17(19,20)21)24-15(26)16(5-2-6-16)25-10-12(18)9-23-25/h3-4,7,9-10,22H,2,5-6,8H2,1H3,(H,24,26). The molecule has 1 amide bonds. The summed E-state index contributed by atoms with van der Waals surface area (Å²) in [7, 11) is 1.55. The highest BCUT2D eigenvalue weighted by atomic mass is 19.4. The van der Waals surface area contributed by atoms with Crippen molar-refractivity contribution in [3.63, 3.8) is 0 Å². The lowest BCUT2D eigenvalue weighted by atomic mass is 9.76. The molecule has 1 aliphatic carbocycles. The van der Waals surface area contributed by atoms with Gasteiger partial charge in [-0.05, 0) is 44.0 Å². The quantitative estimate of drug-likeness (QED) is 0.795. The second-order valence-corrected chi connectivity index (χ2v) is 6.34.